The number of hydrogen-bond donors (Lipinski definition) is 3. The Morgan fingerprint density at radius 3 is 2.63 bits per heavy atom. The van der Waals surface area contributed by atoms with Crippen LogP contribution in [0.15, 0.2) is 23.8 Å². The Morgan fingerprint density at radius 1 is 1.30 bits per heavy atom. The summed E-state index contributed by atoms with van der Waals surface area (Å²) < 4.78 is 4.90. The fourth-order valence-corrected chi connectivity index (χ4v) is 7.41. The second kappa shape index (κ2) is 6.84. The number of carbonyl (C=O) groups is 3. The molecule has 30 heavy (non-hydrogen) atoms. The zero-order chi connectivity index (χ0) is 22.1. The molecular weight excluding hydrogens is 388 g/mol. The zero-order valence-corrected chi connectivity index (χ0v) is 17.6. The summed E-state index contributed by atoms with van der Waals surface area (Å²) in [4.78, 5) is 37.2. The lowest BCUT2D eigenvalue weighted by Gasteiger charge is -2.59. The molecule has 0 heterocycles. The first kappa shape index (κ1) is 21.4. The van der Waals surface area contributed by atoms with Gasteiger partial charge < -0.3 is 20.1 Å². The number of rotatable bonds is 3. The standard InChI is InChI=1S/C23H30O7/c1-21-7-6-13(25)8-12(21)4-5-14-15-9-16(20(28)30-3)23(29,18(27)11-24)22(15,2)10-17(26)19(14)21/h6-8,14-17,19,24,26,29H,4-5,9-11H2,1-3H3/t14-,15-,16?,17-,19+,21-,22-,23-/m0/s1. The van der Waals surface area contributed by atoms with Crippen LogP contribution >= 0.6 is 0 Å². The Balaban J connectivity index is 1.81. The third-order valence-electron chi connectivity index (χ3n) is 8.80. The number of esters is 1. The van der Waals surface area contributed by atoms with Crippen molar-refractivity contribution in [1.29, 1.82) is 0 Å². The summed E-state index contributed by atoms with van der Waals surface area (Å²) in [5.74, 6) is -3.07. The van der Waals surface area contributed by atoms with E-state index < -0.39 is 46.8 Å². The second-order valence-electron chi connectivity index (χ2n) is 9.87. The van der Waals surface area contributed by atoms with Gasteiger partial charge in [0.25, 0.3) is 0 Å². The van der Waals surface area contributed by atoms with Crippen LogP contribution in [0.25, 0.3) is 0 Å². The molecule has 164 valence electrons. The van der Waals surface area contributed by atoms with Crippen LogP contribution in [0.2, 0.25) is 0 Å². The number of allylic oxidation sites excluding steroid dienone is 4. The quantitative estimate of drug-likeness (QED) is 0.584. The van der Waals surface area contributed by atoms with Crippen LogP contribution < -0.4 is 0 Å². The molecule has 0 aromatic heterocycles. The van der Waals surface area contributed by atoms with Gasteiger partial charge in [0.1, 0.15) is 12.2 Å². The predicted molar refractivity (Wildman–Crippen MR) is 106 cm³/mol. The van der Waals surface area contributed by atoms with Crippen molar-refractivity contribution in [2.75, 3.05) is 13.7 Å². The highest BCUT2D eigenvalue weighted by molar-refractivity contribution is 6.01. The Labute approximate surface area is 175 Å². The molecule has 1 unspecified atom stereocenters. The normalized spacial score (nSPS) is 47.1. The van der Waals surface area contributed by atoms with Crippen molar-refractivity contribution >= 4 is 17.5 Å². The first-order chi connectivity index (χ1) is 14.0. The van der Waals surface area contributed by atoms with Crippen LogP contribution in [-0.2, 0) is 19.1 Å². The van der Waals surface area contributed by atoms with Crippen LogP contribution in [0, 0.1) is 34.5 Å². The summed E-state index contributed by atoms with van der Waals surface area (Å²) >= 11 is 0. The minimum absolute atomic E-state index is 0.0496. The molecule has 4 aliphatic rings. The Bertz CT molecular complexity index is 860. The number of ketones is 2. The molecule has 0 aromatic carbocycles. The van der Waals surface area contributed by atoms with Crippen LogP contribution in [0.1, 0.15) is 39.5 Å². The van der Waals surface area contributed by atoms with Gasteiger partial charge in [-0.2, -0.15) is 0 Å². The third kappa shape index (κ3) is 2.52. The molecule has 0 bridgehead atoms. The number of hydrogen-bond acceptors (Lipinski definition) is 7. The molecule has 0 radical (unpaired) electrons. The van der Waals surface area contributed by atoms with Crippen molar-refractivity contribution in [3.63, 3.8) is 0 Å². The molecule has 0 saturated heterocycles. The topological polar surface area (TPSA) is 121 Å². The Morgan fingerprint density at radius 2 is 2.00 bits per heavy atom. The number of aliphatic hydroxyl groups excluding tert-OH is 2. The third-order valence-corrected chi connectivity index (χ3v) is 8.80. The first-order valence-corrected chi connectivity index (χ1v) is 10.6. The first-order valence-electron chi connectivity index (χ1n) is 10.6. The van der Waals surface area contributed by atoms with E-state index in [1.54, 1.807) is 19.1 Å². The van der Waals surface area contributed by atoms with E-state index in [0.29, 0.717) is 12.8 Å². The number of fused-ring (bicyclic) bond motifs is 5. The predicted octanol–water partition coefficient (Wildman–Crippen LogP) is 0.957. The van der Waals surface area contributed by atoms with Crippen LogP contribution in [0.5, 0.6) is 0 Å². The van der Waals surface area contributed by atoms with Crippen molar-refractivity contribution < 1.29 is 34.4 Å². The van der Waals surface area contributed by atoms with E-state index in [4.69, 9.17) is 4.74 Å². The molecule has 3 N–H and O–H groups in total. The Hall–Kier alpha value is -1.83. The van der Waals surface area contributed by atoms with E-state index in [2.05, 4.69) is 0 Å². The zero-order valence-electron chi connectivity index (χ0n) is 17.6. The summed E-state index contributed by atoms with van der Waals surface area (Å²) in [7, 11) is 1.22. The fraction of sp³-hybridized carbons (Fsp3) is 0.696. The molecule has 8 atom stereocenters. The van der Waals surface area contributed by atoms with Gasteiger partial charge in [-0.1, -0.05) is 25.5 Å². The molecule has 7 heteroatoms. The van der Waals surface area contributed by atoms with E-state index in [1.807, 2.05) is 13.0 Å². The summed E-state index contributed by atoms with van der Waals surface area (Å²) in [6.07, 6.45) is 6.02. The lowest BCUT2D eigenvalue weighted by atomic mass is 9.46. The maximum Gasteiger partial charge on any atom is 0.312 e. The molecule has 0 amide bonds. The molecular formula is C23H30O7. The lowest BCUT2D eigenvalue weighted by Crippen LogP contribution is -2.63. The van der Waals surface area contributed by atoms with Gasteiger partial charge in [-0.3, -0.25) is 14.4 Å². The average Bonchev–Trinajstić information content (AvgIpc) is 2.95. The molecule has 4 aliphatic carbocycles. The molecule has 0 spiro atoms. The fourth-order valence-electron chi connectivity index (χ4n) is 7.41. The second-order valence-corrected chi connectivity index (χ2v) is 9.87. The monoisotopic (exact) mass is 418 g/mol. The summed E-state index contributed by atoms with van der Waals surface area (Å²) in [5.41, 5.74) is -2.65. The highest BCUT2D eigenvalue weighted by Crippen LogP contribution is 2.68. The van der Waals surface area contributed by atoms with Gasteiger partial charge in [0.05, 0.1) is 19.1 Å². The molecule has 4 rings (SSSR count). The summed E-state index contributed by atoms with van der Waals surface area (Å²) in [6.45, 7) is 2.90. The smallest absolute Gasteiger partial charge is 0.312 e. The van der Waals surface area contributed by atoms with Crippen LogP contribution in [-0.4, -0.2) is 58.3 Å². The van der Waals surface area contributed by atoms with Gasteiger partial charge >= 0.3 is 5.97 Å². The molecule has 0 aromatic rings. The van der Waals surface area contributed by atoms with E-state index >= 15 is 0 Å². The molecule has 0 aliphatic heterocycles. The SMILES string of the molecule is COC(=O)C1C[C@H]2[C@@H]3CCC4=CC(=O)C=C[C@]4(C)[C@H]3[C@@H](O)C[C@]2(C)[C@@]1(O)C(=O)CO. The van der Waals surface area contributed by atoms with Crippen molar-refractivity contribution in [1.82, 2.24) is 0 Å². The van der Waals surface area contributed by atoms with Gasteiger partial charge in [-0.05, 0) is 49.7 Å². The largest absolute Gasteiger partial charge is 0.469 e. The molecule has 7 nitrogen and oxygen atoms in total. The van der Waals surface area contributed by atoms with Crippen LogP contribution in [0.3, 0.4) is 0 Å². The number of methoxy groups -OCH3 is 1. The van der Waals surface area contributed by atoms with Gasteiger partial charge in [-0.25, -0.2) is 0 Å². The van der Waals surface area contributed by atoms with Gasteiger partial charge in [0, 0.05) is 16.7 Å². The molecule has 3 fully saturated rings. The van der Waals surface area contributed by atoms with E-state index in [0.717, 1.165) is 5.57 Å². The number of aliphatic hydroxyl groups is 3. The maximum atomic E-state index is 12.8. The summed E-state index contributed by atoms with van der Waals surface area (Å²) in [6, 6.07) is 0. The van der Waals surface area contributed by atoms with Crippen molar-refractivity contribution in [2.45, 2.75) is 51.2 Å². The van der Waals surface area contributed by atoms with Gasteiger partial charge in [-0.15, -0.1) is 0 Å². The Kier molecular flexibility index (Phi) is 4.88. The van der Waals surface area contributed by atoms with Gasteiger partial charge in [0.15, 0.2) is 11.6 Å². The average molecular weight is 418 g/mol. The maximum absolute atomic E-state index is 12.8. The highest BCUT2D eigenvalue weighted by Gasteiger charge is 2.72. The van der Waals surface area contributed by atoms with Crippen molar-refractivity contribution in [3.8, 4) is 0 Å². The van der Waals surface area contributed by atoms with E-state index in [9.17, 15) is 29.7 Å². The number of Topliss-reactive ketones (excluding diaryl/α,β-unsaturated/α-hetero) is 1. The molecule has 3 saturated carbocycles. The lowest BCUT2D eigenvalue weighted by molar-refractivity contribution is -0.190. The summed E-state index contributed by atoms with van der Waals surface area (Å²) in [5, 5.41) is 32.5. The van der Waals surface area contributed by atoms with E-state index in [1.165, 1.54) is 7.11 Å². The van der Waals surface area contributed by atoms with E-state index in [-0.39, 0.29) is 36.4 Å². The minimum Gasteiger partial charge on any atom is -0.469 e. The number of carbonyl (C=O) groups excluding carboxylic acids is 3. The van der Waals surface area contributed by atoms with Crippen molar-refractivity contribution in [3.05, 3.63) is 23.8 Å². The minimum atomic E-state index is -2.10. The van der Waals surface area contributed by atoms with Crippen LogP contribution in [0.4, 0.5) is 0 Å². The van der Waals surface area contributed by atoms with Crippen molar-refractivity contribution in [2.24, 2.45) is 34.5 Å². The number of ether oxygens (including phenoxy) is 1. The highest BCUT2D eigenvalue weighted by atomic mass is 16.5. The van der Waals surface area contributed by atoms with Gasteiger partial charge in [0.2, 0.25) is 0 Å².